The molecule has 1 N–H and O–H groups in total. The molecule has 0 radical (unpaired) electrons. The van der Waals surface area contributed by atoms with Crippen LogP contribution >= 0.6 is 0 Å². The number of nitrogens with zero attached hydrogens (tertiary/aromatic N) is 3. The van der Waals surface area contributed by atoms with Gasteiger partial charge in [0, 0.05) is 32.7 Å². The summed E-state index contributed by atoms with van der Waals surface area (Å²) in [4.78, 5) is 31.4. The van der Waals surface area contributed by atoms with Gasteiger partial charge in [-0.3, -0.25) is 14.6 Å². The van der Waals surface area contributed by atoms with E-state index < -0.39 is 6.03 Å². The number of rotatable bonds is 10. The van der Waals surface area contributed by atoms with Crippen LogP contribution in [-0.2, 0) is 4.79 Å². The first kappa shape index (κ1) is 26.2. The molecule has 0 atom stereocenters. The van der Waals surface area contributed by atoms with E-state index in [1.54, 1.807) is 25.3 Å². The number of para-hydroxylation sites is 2. The van der Waals surface area contributed by atoms with E-state index in [0.717, 1.165) is 44.2 Å². The minimum atomic E-state index is -0.412. The summed E-state index contributed by atoms with van der Waals surface area (Å²) in [7, 11) is 6.27. The third-order valence-electron chi connectivity index (χ3n) is 6.61. The predicted molar refractivity (Wildman–Crippen MR) is 141 cm³/mol. The number of carbonyl (C=O) groups excluding carboxylic acids is 2. The van der Waals surface area contributed by atoms with Crippen molar-refractivity contribution in [2.24, 2.45) is 0 Å². The molecule has 3 amide bonds. The average Bonchev–Trinajstić information content (AvgIpc) is 3.19. The molecule has 2 aromatic rings. The maximum Gasteiger partial charge on any atom is 0.329 e. The Balaban J connectivity index is 1.32. The van der Waals surface area contributed by atoms with Crippen LogP contribution in [-0.4, -0.2) is 89.4 Å². The van der Waals surface area contributed by atoms with Crippen LogP contribution in [0.25, 0.3) is 6.08 Å². The molecule has 0 aliphatic carbocycles. The fourth-order valence-electron chi connectivity index (χ4n) is 4.68. The zero-order valence-electron chi connectivity index (χ0n) is 21.8. The molecule has 0 bridgehead atoms. The second kappa shape index (κ2) is 11.9. The summed E-state index contributed by atoms with van der Waals surface area (Å²) in [6.45, 7) is 4.76. The number of carbonyl (C=O) groups is 2. The fourth-order valence-corrected chi connectivity index (χ4v) is 4.68. The number of methoxy groups -OCH3 is 4. The summed E-state index contributed by atoms with van der Waals surface area (Å²) in [5.74, 6) is 1.92. The van der Waals surface area contributed by atoms with Crippen molar-refractivity contribution in [2.75, 3.05) is 72.6 Å². The average molecular weight is 511 g/mol. The maximum atomic E-state index is 12.9. The van der Waals surface area contributed by atoms with E-state index in [4.69, 9.17) is 18.9 Å². The van der Waals surface area contributed by atoms with Gasteiger partial charge in [-0.2, -0.15) is 0 Å². The smallest absolute Gasteiger partial charge is 0.329 e. The molecular formula is C27H34N4O6. The van der Waals surface area contributed by atoms with Crippen LogP contribution in [0.1, 0.15) is 12.0 Å². The van der Waals surface area contributed by atoms with Gasteiger partial charge in [0.25, 0.3) is 5.91 Å². The predicted octanol–water partition coefficient (Wildman–Crippen LogP) is 2.83. The highest BCUT2D eigenvalue weighted by atomic mass is 16.5. The van der Waals surface area contributed by atoms with E-state index in [1.807, 2.05) is 18.2 Å². The quantitative estimate of drug-likeness (QED) is 0.385. The molecule has 10 heteroatoms. The van der Waals surface area contributed by atoms with Crippen molar-refractivity contribution in [1.29, 1.82) is 0 Å². The van der Waals surface area contributed by atoms with Gasteiger partial charge in [0.2, 0.25) is 5.75 Å². The first-order valence-corrected chi connectivity index (χ1v) is 12.2. The van der Waals surface area contributed by atoms with Crippen LogP contribution in [0.15, 0.2) is 42.1 Å². The second-order valence-corrected chi connectivity index (χ2v) is 8.76. The Labute approximate surface area is 217 Å². The lowest BCUT2D eigenvalue weighted by Gasteiger charge is -2.36. The van der Waals surface area contributed by atoms with E-state index >= 15 is 0 Å². The van der Waals surface area contributed by atoms with Crippen molar-refractivity contribution in [2.45, 2.75) is 6.42 Å². The molecule has 0 saturated carbocycles. The number of piperazine rings is 1. The van der Waals surface area contributed by atoms with E-state index in [0.29, 0.717) is 35.8 Å². The Hall–Kier alpha value is -3.92. The van der Waals surface area contributed by atoms with Gasteiger partial charge in [-0.15, -0.1) is 0 Å². The topological polar surface area (TPSA) is 92.8 Å². The van der Waals surface area contributed by atoms with Gasteiger partial charge in [0.15, 0.2) is 11.5 Å². The van der Waals surface area contributed by atoms with E-state index in [2.05, 4.69) is 21.2 Å². The molecule has 0 spiro atoms. The molecular weight excluding hydrogens is 476 g/mol. The molecule has 2 heterocycles. The molecule has 2 saturated heterocycles. The van der Waals surface area contributed by atoms with Crippen LogP contribution in [0.4, 0.5) is 10.5 Å². The summed E-state index contributed by atoms with van der Waals surface area (Å²) in [5, 5.41) is 2.68. The molecule has 198 valence electrons. The monoisotopic (exact) mass is 510 g/mol. The van der Waals surface area contributed by atoms with E-state index in [9.17, 15) is 9.59 Å². The summed E-state index contributed by atoms with van der Waals surface area (Å²) >= 11 is 0. The zero-order chi connectivity index (χ0) is 26.4. The van der Waals surface area contributed by atoms with Gasteiger partial charge in [-0.25, -0.2) is 4.79 Å². The van der Waals surface area contributed by atoms with Crippen molar-refractivity contribution in [3.05, 3.63) is 47.7 Å². The van der Waals surface area contributed by atoms with Crippen molar-refractivity contribution in [1.82, 2.24) is 15.1 Å². The van der Waals surface area contributed by atoms with Gasteiger partial charge in [0.05, 0.1) is 34.1 Å². The first-order valence-electron chi connectivity index (χ1n) is 12.2. The second-order valence-electron chi connectivity index (χ2n) is 8.76. The number of anilines is 1. The lowest BCUT2D eigenvalue weighted by Crippen LogP contribution is -2.47. The summed E-state index contributed by atoms with van der Waals surface area (Å²) < 4.78 is 21.6. The lowest BCUT2D eigenvalue weighted by atomic mass is 10.1. The highest BCUT2D eigenvalue weighted by Gasteiger charge is 2.33. The number of urea groups is 1. The highest BCUT2D eigenvalue weighted by Crippen LogP contribution is 2.38. The number of nitrogens with one attached hydrogen (secondary N) is 1. The summed E-state index contributed by atoms with van der Waals surface area (Å²) in [6, 6.07) is 11.1. The van der Waals surface area contributed by atoms with Gasteiger partial charge in [0.1, 0.15) is 11.4 Å². The normalized spacial score (nSPS) is 17.2. The van der Waals surface area contributed by atoms with Gasteiger partial charge >= 0.3 is 6.03 Å². The minimum absolute atomic E-state index is 0.213. The zero-order valence-corrected chi connectivity index (χ0v) is 21.8. The number of ether oxygens (including phenoxy) is 4. The summed E-state index contributed by atoms with van der Waals surface area (Å²) in [6.07, 6.45) is 2.31. The van der Waals surface area contributed by atoms with Crippen LogP contribution in [0.3, 0.4) is 0 Å². The maximum absolute atomic E-state index is 12.9. The Morgan fingerprint density at radius 1 is 0.838 bits per heavy atom. The molecule has 2 aliphatic rings. The van der Waals surface area contributed by atoms with Crippen LogP contribution in [0.5, 0.6) is 23.0 Å². The molecule has 10 nitrogen and oxygen atoms in total. The SMILES string of the molecule is COc1ccccc1N1CCN(CCCN2C(=O)N/C(=C\c3cc(OC)c(OC)c(OC)c3)C2=O)CC1. The Morgan fingerprint density at radius 2 is 1.49 bits per heavy atom. The number of imide groups is 1. The van der Waals surface area contributed by atoms with Crippen molar-refractivity contribution in [3.8, 4) is 23.0 Å². The largest absolute Gasteiger partial charge is 0.495 e. The number of hydrogen-bond acceptors (Lipinski definition) is 8. The van der Waals surface area contributed by atoms with E-state index in [-0.39, 0.29) is 11.6 Å². The Kier molecular flexibility index (Phi) is 8.39. The molecule has 2 aromatic carbocycles. The molecule has 2 fully saturated rings. The standard InChI is InChI=1S/C27H34N4O6/c1-34-22-9-6-5-8-21(22)30-14-12-29(13-15-30)10-7-11-31-26(32)20(28-27(31)33)16-19-17-23(35-2)25(37-4)24(18-19)36-3/h5-6,8-9,16-18H,7,10-15H2,1-4H3,(H,28,33)/b20-16-. The van der Waals surface area contributed by atoms with Crippen molar-refractivity contribution in [3.63, 3.8) is 0 Å². The van der Waals surface area contributed by atoms with Gasteiger partial charge in [-0.1, -0.05) is 12.1 Å². The van der Waals surface area contributed by atoms with Gasteiger partial charge < -0.3 is 29.2 Å². The molecule has 2 aliphatic heterocycles. The van der Waals surface area contributed by atoms with Crippen LogP contribution in [0.2, 0.25) is 0 Å². The number of benzene rings is 2. The van der Waals surface area contributed by atoms with Crippen molar-refractivity contribution < 1.29 is 28.5 Å². The Bertz CT molecular complexity index is 1130. The van der Waals surface area contributed by atoms with Crippen molar-refractivity contribution >= 4 is 23.7 Å². The van der Waals surface area contributed by atoms with Gasteiger partial charge in [-0.05, 0) is 48.9 Å². The Morgan fingerprint density at radius 3 is 2.11 bits per heavy atom. The molecule has 0 unspecified atom stereocenters. The lowest BCUT2D eigenvalue weighted by molar-refractivity contribution is -0.122. The molecule has 37 heavy (non-hydrogen) atoms. The summed E-state index contributed by atoms with van der Waals surface area (Å²) in [5.41, 5.74) is 1.97. The third kappa shape index (κ3) is 5.75. The molecule has 4 rings (SSSR count). The highest BCUT2D eigenvalue weighted by molar-refractivity contribution is 6.14. The van der Waals surface area contributed by atoms with Crippen LogP contribution in [0, 0.1) is 0 Å². The first-order chi connectivity index (χ1) is 18.0. The fraction of sp³-hybridized carbons (Fsp3) is 0.407. The number of amides is 3. The third-order valence-corrected chi connectivity index (χ3v) is 6.61. The van der Waals surface area contributed by atoms with Crippen LogP contribution < -0.4 is 29.2 Å². The van der Waals surface area contributed by atoms with E-state index in [1.165, 1.54) is 26.2 Å². The minimum Gasteiger partial charge on any atom is -0.495 e. The molecule has 0 aromatic heterocycles. The number of hydrogen-bond donors (Lipinski definition) is 1.